The highest BCUT2D eigenvalue weighted by atomic mass is 16.6. The van der Waals surface area contributed by atoms with Gasteiger partial charge in [0.05, 0.1) is 13.2 Å². The molecule has 0 atom stereocenters. The largest absolute Gasteiger partial charge is 0.489 e. The minimum Gasteiger partial charge on any atom is -0.489 e. The second-order valence-corrected chi connectivity index (χ2v) is 7.07. The summed E-state index contributed by atoms with van der Waals surface area (Å²) in [5.74, 6) is 1.80. The van der Waals surface area contributed by atoms with Crippen molar-refractivity contribution in [3.63, 3.8) is 0 Å². The van der Waals surface area contributed by atoms with E-state index in [1.54, 1.807) is 0 Å². The van der Waals surface area contributed by atoms with E-state index in [0.29, 0.717) is 19.8 Å². The van der Waals surface area contributed by atoms with Gasteiger partial charge in [0.25, 0.3) is 0 Å². The van der Waals surface area contributed by atoms with Crippen molar-refractivity contribution in [3.05, 3.63) is 83.4 Å². The van der Waals surface area contributed by atoms with Crippen LogP contribution < -0.4 is 9.47 Å². The zero-order chi connectivity index (χ0) is 17.6. The lowest BCUT2D eigenvalue weighted by molar-refractivity contribution is -0.169. The second-order valence-electron chi connectivity index (χ2n) is 7.07. The van der Waals surface area contributed by atoms with Crippen LogP contribution in [-0.4, -0.2) is 13.2 Å². The Balaban J connectivity index is 1.51. The Bertz CT molecular complexity index is 958. The zero-order valence-electron chi connectivity index (χ0n) is 14.7. The molecule has 2 heterocycles. The first kappa shape index (κ1) is 15.5. The van der Waals surface area contributed by atoms with E-state index in [0.717, 1.165) is 28.2 Å². The molecule has 0 unspecified atom stereocenters. The second kappa shape index (κ2) is 5.89. The quantitative estimate of drug-likeness (QED) is 0.679. The third-order valence-electron chi connectivity index (χ3n) is 5.13. The number of fused-ring (bicyclic) bond motifs is 4. The molecule has 130 valence electrons. The molecule has 0 N–H and O–H groups in total. The Hall–Kier alpha value is -2.78. The van der Waals surface area contributed by atoms with Gasteiger partial charge < -0.3 is 14.2 Å². The highest BCUT2D eigenvalue weighted by Crippen LogP contribution is 2.49. The summed E-state index contributed by atoms with van der Waals surface area (Å²) < 4.78 is 18.0. The molecule has 3 heteroatoms. The molecule has 1 saturated heterocycles. The van der Waals surface area contributed by atoms with Crippen LogP contribution in [0.15, 0.2) is 66.7 Å². The van der Waals surface area contributed by atoms with E-state index >= 15 is 0 Å². The van der Waals surface area contributed by atoms with Gasteiger partial charge in [-0.25, -0.2) is 0 Å². The summed E-state index contributed by atoms with van der Waals surface area (Å²) in [5, 5.41) is 0. The van der Waals surface area contributed by atoms with Gasteiger partial charge in [-0.05, 0) is 41.8 Å². The fourth-order valence-electron chi connectivity index (χ4n) is 3.67. The molecule has 0 radical (unpaired) electrons. The summed E-state index contributed by atoms with van der Waals surface area (Å²) in [6, 6.07) is 22.9. The van der Waals surface area contributed by atoms with Gasteiger partial charge in [-0.3, -0.25) is 0 Å². The van der Waals surface area contributed by atoms with Crippen LogP contribution in [0.4, 0.5) is 0 Å². The Morgan fingerprint density at radius 1 is 0.923 bits per heavy atom. The third kappa shape index (κ3) is 2.47. The standard InChI is InChI=1S/C23H20O3/c1-16-7-9-20-19-10-8-18(25-13-17-5-3-2-4-6-17)12-21(19)23(14-24-15-23)26-22(20)11-16/h2-12H,13-15H2,1H3. The minimum absolute atomic E-state index is 0.387. The lowest BCUT2D eigenvalue weighted by atomic mass is 9.82. The number of hydrogen-bond acceptors (Lipinski definition) is 3. The molecule has 0 aromatic heterocycles. The van der Waals surface area contributed by atoms with Crippen molar-refractivity contribution in [1.82, 2.24) is 0 Å². The maximum absolute atomic E-state index is 6.40. The fraction of sp³-hybridized carbons (Fsp3) is 0.217. The van der Waals surface area contributed by atoms with Gasteiger partial charge in [-0.15, -0.1) is 0 Å². The number of ether oxygens (including phenoxy) is 3. The van der Waals surface area contributed by atoms with E-state index in [1.807, 2.05) is 24.3 Å². The first-order chi connectivity index (χ1) is 12.7. The van der Waals surface area contributed by atoms with Gasteiger partial charge in [0.2, 0.25) is 0 Å². The van der Waals surface area contributed by atoms with Crippen molar-refractivity contribution >= 4 is 0 Å². The van der Waals surface area contributed by atoms with Gasteiger partial charge >= 0.3 is 0 Å². The molecule has 2 aliphatic heterocycles. The van der Waals surface area contributed by atoms with Gasteiger partial charge in [0, 0.05) is 11.1 Å². The van der Waals surface area contributed by atoms with Crippen LogP contribution in [-0.2, 0) is 16.9 Å². The molecule has 26 heavy (non-hydrogen) atoms. The zero-order valence-corrected chi connectivity index (χ0v) is 14.7. The normalized spacial score (nSPS) is 16.2. The number of rotatable bonds is 3. The van der Waals surface area contributed by atoms with Crippen molar-refractivity contribution in [2.45, 2.75) is 19.1 Å². The summed E-state index contributed by atoms with van der Waals surface area (Å²) in [5.41, 5.74) is 5.47. The Morgan fingerprint density at radius 3 is 2.50 bits per heavy atom. The first-order valence-corrected chi connectivity index (χ1v) is 8.93. The molecule has 3 aromatic rings. The van der Waals surface area contributed by atoms with Crippen molar-refractivity contribution in [2.24, 2.45) is 0 Å². The van der Waals surface area contributed by atoms with Crippen LogP contribution in [0.2, 0.25) is 0 Å². The maximum Gasteiger partial charge on any atom is 0.181 e. The molecule has 0 saturated carbocycles. The molecule has 2 aliphatic rings. The van der Waals surface area contributed by atoms with Gasteiger partial charge in [-0.2, -0.15) is 0 Å². The van der Waals surface area contributed by atoms with E-state index in [2.05, 4.69) is 49.4 Å². The molecule has 5 rings (SSSR count). The number of benzene rings is 3. The van der Waals surface area contributed by atoms with Crippen LogP contribution in [0.5, 0.6) is 11.5 Å². The molecule has 1 fully saturated rings. The summed E-state index contributed by atoms with van der Waals surface area (Å²) in [4.78, 5) is 0. The van der Waals surface area contributed by atoms with Crippen LogP contribution >= 0.6 is 0 Å². The molecule has 1 spiro atoms. The third-order valence-corrected chi connectivity index (χ3v) is 5.13. The number of hydrogen-bond donors (Lipinski definition) is 0. The Labute approximate surface area is 153 Å². The molecule has 3 aromatic carbocycles. The molecular weight excluding hydrogens is 324 g/mol. The van der Waals surface area contributed by atoms with Crippen molar-refractivity contribution in [3.8, 4) is 22.6 Å². The highest BCUT2D eigenvalue weighted by Gasteiger charge is 2.47. The monoisotopic (exact) mass is 344 g/mol. The summed E-state index contributed by atoms with van der Waals surface area (Å²) >= 11 is 0. The van der Waals surface area contributed by atoms with Crippen molar-refractivity contribution in [1.29, 1.82) is 0 Å². The molecular formula is C23H20O3. The lowest BCUT2D eigenvalue weighted by Crippen LogP contribution is -2.53. The first-order valence-electron chi connectivity index (χ1n) is 8.93. The SMILES string of the molecule is Cc1ccc2c(c1)OC1(COC1)c1cc(OCc3ccccc3)ccc1-2. The topological polar surface area (TPSA) is 27.7 Å². The van der Waals surface area contributed by atoms with Crippen LogP contribution in [0.1, 0.15) is 16.7 Å². The molecule has 0 bridgehead atoms. The van der Waals surface area contributed by atoms with Crippen LogP contribution in [0.25, 0.3) is 11.1 Å². The minimum atomic E-state index is -0.387. The van der Waals surface area contributed by atoms with Crippen molar-refractivity contribution < 1.29 is 14.2 Å². The van der Waals surface area contributed by atoms with E-state index in [1.165, 1.54) is 11.1 Å². The van der Waals surface area contributed by atoms with Gasteiger partial charge in [-0.1, -0.05) is 48.5 Å². The molecule has 0 amide bonds. The fourth-order valence-corrected chi connectivity index (χ4v) is 3.67. The average molecular weight is 344 g/mol. The molecule has 0 aliphatic carbocycles. The van der Waals surface area contributed by atoms with Gasteiger partial charge in [0.1, 0.15) is 18.1 Å². The van der Waals surface area contributed by atoms with Crippen LogP contribution in [0.3, 0.4) is 0 Å². The summed E-state index contributed by atoms with van der Waals surface area (Å²) in [7, 11) is 0. The van der Waals surface area contributed by atoms with E-state index in [-0.39, 0.29) is 5.60 Å². The summed E-state index contributed by atoms with van der Waals surface area (Å²) in [6.07, 6.45) is 0. The lowest BCUT2D eigenvalue weighted by Gasteiger charge is -2.45. The van der Waals surface area contributed by atoms with E-state index in [9.17, 15) is 0 Å². The average Bonchev–Trinajstić information content (AvgIpc) is 2.64. The number of aryl methyl sites for hydroxylation is 1. The van der Waals surface area contributed by atoms with E-state index < -0.39 is 0 Å². The highest BCUT2D eigenvalue weighted by molar-refractivity contribution is 5.78. The van der Waals surface area contributed by atoms with Crippen LogP contribution in [0, 0.1) is 6.92 Å². The smallest absolute Gasteiger partial charge is 0.181 e. The van der Waals surface area contributed by atoms with E-state index in [4.69, 9.17) is 14.2 Å². The molecule has 3 nitrogen and oxygen atoms in total. The van der Waals surface area contributed by atoms with Gasteiger partial charge in [0.15, 0.2) is 5.60 Å². The predicted octanol–water partition coefficient (Wildman–Crippen LogP) is 4.86. The maximum atomic E-state index is 6.40. The predicted molar refractivity (Wildman–Crippen MR) is 101 cm³/mol. The summed E-state index contributed by atoms with van der Waals surface area (Å²) in [6.45, 7) is 3.80. The Morgan fingerprint density at radius 2 is 1.73 bits per heavy atom. The van der Waals surface area contributed by atoms with Crippen molar-refractivity contribution in [2.75, 3.05) is 13.2 Å². The Kier molecular flexibility index (Phi) is 3.50.